The maximum atomic E-state index is 12.4. The minimum atomic E-state index is -4.30. The Morgan fingerprint density at radius 3 is 2.28 bits per heavy atom. The van der Waals surface area contributed by atoms with Crippen LogP contribution in [0.1, 0.15) is 16.3 Å². The standard InChI is InChI=1S/C12H9ClF3NS/c1-7-11(18-10(6-13)17-7)8-2-4-9(5-3-8)12(14,15)16/h2-5H,6H2,1H3. The molecule has 0 N–H and O–H groups in total. The SMILES string of the molecule is Cc1nc(CCl)sc1-c1ccc(C(F)(F)F)cc1. The fraction of sp³-hybridized carbons (Fsp3) is 0.250. The zero-order chi connectivity index (χ0) is 13.3. The van der Waals surface area contributed by atoms with Crippen molar-refractivity contribution in [3.63, 3.8) is 0 Å². The first-order chi connectivity index (χ1) is 8.41. The molecule has 0 aliphatic heterocycles. The van der Waals surface area contributed by atoms with Crippen molar-refractivity contribution < 1.29 is 13.2 Å². The molecule has 1 heterocycles. The molecule has 0 saturated carbocycles. The molecule has 2 aromatic rings. The zero-order valence-corrected chi connectivity index (χ0v) is 11.0. The summed E-state index contributed by atoms with van der Waals surface area (Å²) in [4.78, 5) is 5.10. The minimum absolute atomic E-state index is 0.312. The van der Waals surface area contributed by atoms with Gasteiger partial charge in [0.2, 0.25) is 0 Å². The van der Waals surface area contributed by atoms with Crippen molar-refractivity contribution >= 4 is 22.9 Å². The van der Waals surface area contributed by atoms with Crippen LogP contribution in [0.4, 0.5) is 13.2 Å². The maximum Gasteiger partial charge on any atom is 0.416 e. The van der Waals surface area contributed by atoms with Gasteiger partial charge < -0.3 is 0 Å². The number of aromatic nitrogens is 1. The Morgan fingerprint density at radius 1 is 1.22 bits per heavy atom. The third-order valence-electron chi connectivity index (χ3n) is 2.43. The van der Waals surface area contributed by atoms with Gasteiger partial charge in [-0.25, -0.2) is 4.98 Å². The fourth-order valence-corrected chi connectivity index (χ4v) is 2.73. The van der Waals surface area contributed by atoms with E-state index in [2.05, 4.69) is 4.98 Å². The molecule has 0 amide bonds. The predicted octanol–water partition coefficient (Wildman–Crippen LogP) is 4.88. The molecule has 0 aliphatic rings. The van der Waals surface area contributed by atoms with Gasteiger partial charge in [-0.1, -0.05) is 12.1 Å². The second kappa shape index (κ2) is 4.90. The van der Waals surface area contributed by atoms with Crippen LogP contribution in [-0.2, 0) is 12.1 Å². The normalized spacial score (nSPS) is 11.8. The van der Waals surface area contributed by atoms with E-state index in [1.165, 1.54) is 23.5 Å². The van der Waals surface area contributed by atoms with Gasteiger partial charge in [0.05, 0.1) is 22.0 Å². The lowest BCUT2D eigenvalue weighted by molar-refractivity contribution is -0.137. The number of benzene rings is 1. The molecule has 0 fully saturated rings. The molecule has 0 aliphatic carbocycles. The summed E-state index contributed by atoms with van der Waals surface area (Å²) in [6.07, 6.45) is -4.30. The molecule has 1 aromatic carbocycles. The number of alkyl halides is 4. The molecule has 0 bridgehead atoms. The second-order valence-electron chi connectivity index (χ2n) is 3.73. The largest absolute Gasteiger partial charge is 0.416 e. The van der Waals surface area contributed by atoms with Crippen molar-refractivity contribution in [1.29, 1.82) is 0 Å². The Morgan fingerprint density at radius 2 is 1.83 bits per heavy atom. The lowest BCUT2D eigenvalue weighted by Crippen LogP contribution is -2.03. The predicted molar refractivity (Wildman–Crippen MR) is 66.8 cm³/mol. The first kappa shape index (κ1) is 13.4. The number of aryl methyl sites for hydroxylation is 1. The van der Waals surface area contributed by atoms with Gasteiger partial charge in [0.15, 0.2) is 0 Å². The molecular formula is C12H9ClF3NS. The first-order valence-corrected chi connectivity index (χ1v) is 6.47. The number of nitrogens with zero attached hydrogens (tertiary/aromatic N) is 1. The van der Waals surface area contributed by atoms with Crippen LogP contribution in [0.25, 0.3) is 10.4 Å². The number of hydrogen-bond acceptors (Lipinski definition) is 2. The fourth-order valence-electron chi connectivity index (χ4n) is 1.59. The van der Waals surface area contributed by atoms with E-state index in [1.807, 2.05) is 6.92 Å². The molecule has 96 valence electrons. The lowest BCUT2D eigenvalue weighted by Gasteiger charge is -2.06. The van der Waals surface area contributed by atoms with Crippen molar-refractivity contribution in [2.24, 2.45) is 0 Å². The summed E-state index contributed by atoms with van der Waals surface area (Å²) in [7, 11) is 0. The number of hydrogen-bond donors (Lipinski definition) is 0. The van der Waals surface area contributed by atoms with E-state index in [0.29, 0.717) is 5.88 Å². The van der Waals surface area contributed by atoms with E-state index in [4.69, 9.17) is 11.6 Å². The zero-order valence-electron chi connectivity index (χ0n) is 9.38. The van der Waals surface area contributed by atoms with E-state index >= 15 is 0 Å². The van der Waals surface area contributed by atoms with Gasteiger partial charge in [-0.15, -0.1) is 22.9 Å². The van der Waals surface area contributed by atoms with Crippen molar-refractivity contribution in [2.75, 3.05) is 0 Å². The average molecular weight is 292 g/mol. The summed E-state index contributed by atoms with van der Waals surface area (Å²) in [6, 6.07) is 5.08. The van der Waals surface area contributed by atoms with E-state index in [-0.39, 0.29) is 0 Å². The number of rotatable bonds is 2. The number of thiazole rings is 1. The Balaban J connectivity index is 2.37. The summed E-state index contributed by atoms with van der Waals surface area (Å²) in [6.45, 7) is 1.82. The van der Waals surface area contributed by atoms with Crippen molar-refractivity contribution in [1.82, 2.24) is 4.98 Å². The molecular weight excluding hydrogens is 283 g/mol. The first-order valence-electron chi connectivity index (χ1n) is 5.11. The smallest absolute Gasteiger partial charge is 0.245 e. The van der Waals surface area contributed by atoms with Crippen molar-refractivity contribution in [3.05, 3.63) is 40.5 Å². The third kappa shape index (κ3) is 2.67. The van der Waals surface area contributed by atoms with E-state index in [0.717, 1.165) is 33.3 Å². The molecule has 0 radical (unpaired) electrons. The van der Waals surface area contributed by atoms with Gasteiger partial charge in [0, 0.05) is 0 Å². The number of halogens is 4. The van der Waals surface area contributed by atoms with Crippen LogP contribution in [0.2, 0.25) is 0 Å². The van der Waals surface area contributed by atoms with E-state index < -0.39 is 11.7 Å². The topological polar surface area (TPSA) is 12.9 Å². The van der Waals surface area contributed by atoms with Crippen LogP contribution in [0.5, 0.6) is 0 Å². The highest BCUT2D eigenvalue weighted by atomic mass is 35.5. The van der Waals surface area contributed by atoms with Crippen LogP contribution >= 0.6 is 22.9 Å². The Bertz CT molecular complexity index is 545. The molecule has 6 heteroatoms. The van der Waals surface area contributed by atoms with Crippen molar-refractivity contribution in [2.45, 2.75) is 19.0 Å². The second-order valence-corrected chi connectivity index (χ2v) is 5.08. The Hall–Kier alpha value is -1.07. The molecule has 2 rings (SSSR count). The van der Waals surface area contributed by atoms with Crippen LogP contribution in [0, 0.1) is 6.92 Å². The summed E-state index contributed by atoms with van der Waals surface area (Å²) < 4.78 is 37.3. The van der Waals surface area contributed by atoms with Crippen LogP contribution < -0.4 is 0 Å². The maximum absolute atomic E-state index is 12.4. The quantitative estimate of drug-likeness (QED) is 0.719. The van der Waals surface area contributed by atoms with E-state index in [9.17, 15) is 13.2 Å². The Labute approximate surface area is 111 Å². The highest BCUT2D eigenvalue weighted by molar-refractivity contribution is 7.15. The van der Waals surface area contributed by atoms with Gasteiger partial charge in [-0.3, -0.25) is 0 Å². The summed E-state index contributed by atoms with van der Waals surface area (Å²) >= 11 is 7.09. The Kier molecular flexibility index (Phi) is 3.64. The van der Waals surface area contributed by atoms with Gasteiger partial charge in [0.25, 0.3) is 0 Å². The van der Waals surface area contributed by atoms with Gasteiger partial charge >= 0.3 is 6.18 Å². The average Bonchev–Trinajstić information content (AvgIpc) is 2.70. The summed E-state index contributed by atoms with van der Waals surface area (Å²) in [5.41, 5.74) is 0.871. The molecule has 0 spiro atoms. The molecule has 0 unspecified atom stereocenters. The lowest BCUT2D eigenvalue weighted by atomic mass is 10.1. The molecule has 1 nitrogen and oxygen atoms in total. The van der Waals surface area contributed by atoms with Crippen LogP contribution in [-0.4, -0.2) is 4.98 Å². The molecule has 0 saturated heterocycles. The molecule has 18 heavy (non-hydrogen) atoms. The van der Waals surface area contributed by atoms with Gasteiger partial charge in [-0.2, -0.15) is 13.2 Å². The highest BCUT2D eigenvalue weighted by Crippen LogP contribution is 2.34. The molecule has 0 atom stereocenters. The van der Waals surface area contributed by atoms with Crippen LogP contribution in [0.3, 0.4) is 0 Å². The molecule has 1 aromatic heterocycles. The summed E-state index contributed by atoms with van der Waals surface area (Å²) in [5, 5.41) is 0.768. The monoisotopic (exact) mass is 291 g/mol. The minimum Gasteiger partial charge on any atom is -0.245 e. The van der Waals surface area contributed by atoms with Crippen molar-refractivity contribution in [3.8, 4) is 10.4 Å². The summed E-state index contributed by atoms with van der Waals surface area (Å²) in [5.74, 6) is 0.312. The van der Waals surface area contributed by atoms with E-state index in [1.54, 1.807) is 0 Å². The van der Waals surface area contributed by atoms with Gasteiger partial charge in [0.1, 0.15) is 5.01 Å². The van der Waals surface area contributed by atoms with Gasteiger partial charge in [-0.05, 0) is 24.6 Å². The highest BCUT2D eigenvalue weighted by Gasteiger charge is 2.30. The van der Waals surface area contributed by atoms with Crippen LogP contribution in [0.15, 0.2) is 24.3 Å². The third-order valence-corrected chi connectivity index (χ3v) is 4.05.